The smallest absolute Gasteiger partial charge is 0.247 e. The lowest BCUT2D eigenvalue weighted by Crippen LogP contribution is -2.45. The molecule has 1 heterocycles. The Bertz CT molecular complexity index is 586. The van der Waals surface area contributed by atoms with Crippen molar-refractivity contribution < 1.29 is 22.3 Å². The van der Waals surface area contributed by atoms with Crippen LogP contribution in [0.1, 0.15) is 19.3 Å². The molecule has 0 saturated carbocycles. The van der Waals surface area contributed by atoms with Crippen LogP contribution >= 0.6 is 15.9 Å². The fourth-order valence-corrected chi connectivity index (χ4v) is 5.17. The van der Waals surface area contributed by atoms with Crippen molar-refractivity contribution in [2.45, 2.75) is 30.2 Å². The summed E-state index contributed by atoms with van der Waals surface area (Å²) >= 11 is 2.89. The van der Waals surface area contributed by atoms with Gasteiger partial charge in [-0.3, -0.25) is 0 Å². The predicted molar refractivity (Wildman–Crippen MR) is 72.7 cm³/mol. The molecule has 0 aliphatic carbocycles. The fourth-order valence-electron chi connectivity index (χ4n) is 2.37. The predicted octanol–water partition coefficient (Wildman–Crippen LogP) is 2.26. The molecule has 1 aliphatic heterocycles. The molecule has 0 spiro atoms. The molecule has 1 aromatic rings. The second-order valence-electron chi connectivity index (χ2n) is 4.65. The number of sulfonamides is 1. The van der Waals surface area contributed by atoms with E-state index in [2.05, 4.69) is 15.9 Å². The van der Waals surface area contributed by atoms with E-state index in [-0.39, 0.29) is 17.6 Å². The van der Waals surface area contributed by atoms with Crippen LogP contribution in [0.15, 0.2) is 21.5 Å². The highest BCUT2D eigenvalue weighted by Crippen LogP contribution is 2.32. The maximum atomic E-state index is 13.9. The summed E-state index contributed by atoms with van der Waals surface area (Å²) in [4.78, 5) is -0.584. The van der Waals surface area contributed by atoms with Crippen LogP contribution in [0.3, 0.4) is 0 Å². The van der Waals surface area contributed by atoms with Gasteiger partial charge in [0, 0.05) is 23.1 Å². The van der Waals surface area contributed by atoms with Crippen LogP contribution in [0.5, 0.6) is 0 Å². The molecule has 1 N–H and O–H groups in total. The molecule has 1 fully saturated rings. The first-order valence-corrected chi connectivity index (χ1v) is 8.38. The van der Waals surface area contributed by atoms with E-state index in [9.17, 15) is 22.3 Å². The lowest BCUT2D eigenvalue weighted by Gasteiger charge is -2.33. The Kier molecular flexibility index (Phi) is 4.78. The Labute approximate surface area is 124 Å². The largest absolute Gasteiger partial charge is 0.395 e. The lowest BCUT2D eigenvalue weighted by atomic mass is 10.1. The van der Waals surface area contributed by atoms with Crippen LogP contribution < -0.4 is 0 Å². The summed E-state index contributed by atoms with van der Waals surface area (Å²) in [6.07, 6.45) is 1.98. The van der Waals surface area contributed by atoms with Gasteiger partial charge < -0.3 is 5.11 Å². The minimum Gasteiger partial charge on any atom is -0.395 e. The molecule has 1 aromatic carbocycles. The number of rotatable bonds is 3. The molecule has 0 bridgehead atoms. The first-order valence-electron chi connectivity index (χ1n) is 6.15. The summed E-state index contributed by atoms with van der Waals surface area (Å²) in [5.74, 6) is -2.00. The van der Waals surface area contributed by atoms with Crippen LogP contribution in [-0.4, -0.2) is 37.0 Å². The van der Waals surface area contributed by atoms with Gasteiger partial charge in [0.1, 0.15) is 16.5 Å². The van der Waals surface area contributed by atoms with Crippen LogP contribution in [0.4, 0.5) is 8.78 Å². The minimum atomic E-state index is -4.12. The second kappa shape index (κ2) is 6.05. The third-order valence-electron chi connectivity index (χ3n) is 3.31. The molecule has 1 atom stereocenters. The van der Waals surface area contributed by atoms with Gasteiger partial charge in [0.15, 0.2) is 0 Å². The van der Waals surface area contributed by atoms with Crippen molar-refractivity contribution >= 4 is 26.0 Å². The van der Waals surface area contributed by atoms with E-state index in [4.69, 9.17) is 0 Å². The van der Waals surface area contributed by atoms with Crippen molar-refractivity contribution in [3.63, 3.8) is 0 Å². The van der Waals surface area contributed by atoms with Crippen molar-refractivity contribution in [2.75, 3.05) is 13.2 Å². The van der Waals surface area contributed by atoms with Crippen molar-refractivity contribution in [3.8, 4) is 0 Å². The molecule has 112 valence electrons. The summed E-state index contributed by atoms with van der Waals surface area (Å²) in [7, 11) is -4.12. The standard InChI is InChI=1S/C12H14BrF2NO3S/c13-10-5-8(14)6-11(15)12(10)20(18,19)16-4-2-1-3-9(16)7-17/h5-6,9,17H,1-4,7H2. The quantitative estimate of drug-likeness (QED) is 0.888. The van der Waals surface area contributed by atoms with E-state index in [0.29, 0.717) is 18.9 Å². The van der Waals surface area contributed by atoms with Gasteiger partial charge in [0.05, 0.1) is 6.61 Å². The molecule has 8 heteroatoms. The van der Waals surface area contributed by atoms with E-state index < -0.39 is 32.6 Å². The van der Waals surface area contributed by atoms with Gasteiger partial charge >= 0.3 is 0 Å². The van der Waals surface area contributed by atoms with Gasteiger partial charge in [-0.1, -0.05) is 6.42 Å². The summed E-state index contributed by atoms with van der Waals surface area (Å²) in [6, 6.07) is 0.883. The van der Waals surface area contributed by atoms with Crippen LogP contribution in [0.2, 0.25) is 0 Å². The van der Waals surface area contributed by atoms with Gasteiger partial charge in [-0.05, 0) is 34.8 Å². The maximum Gasteiger partial charge on any atom is 0.247 e. The number of halogens is 3. The van der Waals surface area contributed by atoms with Crippen LogP contribution in [0, 0.1) is 11.6 Å². The molecule has 0 aromatic heterocycles. The number of piperidine rings is 1. The highest BCUT2D eigenvalue weighted by atomic mass is 79.9. The molecule has 0 amide bonds. The van der Waals surface area contributed by atoms with Gasteiger partial charge in [-0.15, -0.1) is 0 Å². The van der Waals surface area contributed by atoms with Crippen LogP contribution in [0.25, 0.3) is 0 Å². The van der Waals surface area contributed by atoms with Gasteiger partial charge in [-0.2, -0.15) is 4.31 Å². The Morgan fingerprint density at radius 1 is 1.35 bits per heavy atom. The summed E-state index contributed by atoms with van der Waals surface area (Å²) in [6.45, 7) is -0.101. The van der Waals surface area contributed by atoms with Crippen molar-refractivity contribution in [1.29, 1.82) is 0 Å². The fraction of sp³-hybridized carbons (Fsp3) is 0.500. The zero-order valence-corrected chi connectivity index (χ0v) is 12.9. The second-order valence-corrected chi connectivity index (χ2v) is 7.33. The molecule has 20 heavy (non-hydrogen) atoms. The number of nitrogens with zero attached hydrogens (tertiary/aromatic N) is 1. The molecular formula is C12H14BrF2NO3S. The molecule has 1 aliphatic rings. The average molecular weight is 370 g/mol. The number of hydrogen-bond donors (Lipinski definition) is 1. The highest BCUT2D eigenvalue weighted by Gasteiger charge is 2.36. The number of benzene rings is 1. The first kappa shape index (κ1) is 15.8. The maximum absolute atomic E-state index is 13.9. The van der Waals surface area contributed by atoms with E-state index in [1.54, 1.807) is 0 Å². The Balaban J connectivity index is 2.49. The molecule has 1 unspecified atom stereocenters. The van der Waals surface area contributed by atoms with Crippen molar-refractivity contribution in [2.24, 2.45) is 0 Å². The molecular weight excluding hydrogens is 356 g/mol. The third-order valence-corrected chi connectivity index (χ3v) is 6.23. The monoisotopic (exact) mass is 369 g/mol. The Morgan fingerprint density at radius 2 is 2.05 bits per heavy atom. The molecule has 4 nitrogen and oxygen atoms in total. The topological polar surface area (TPSA) is 57.6 Å². The minimum absolute atomic E-state index is 0.155. The molecule has 0 radical (unpaired) electrons. The summed E-state index contributed by atoms with van der Waals surface area (Å²) < 4.78 is 52.9. The Morgan fingerprint density at radius 3 is 2.65 bits per heavy atom. The zero-order valence-electron chi connectivity index (χ0n) is 10.5. The summed E-state index contributed by atoms with van der Waals surface area (Å²) in [5.41, 5.74) is 0. The SMILES string of the molecule is O=S(=O)(c1c(F)cc(F)cc1Br)N1CCCCC1CO. The number of aliphatic hydroxyl groups is 1. The molecule has 1 saturated heterocycles. The Hall–Kier alpha value is -0.570. The van der Waals surface area contributed by atoms with E-state index >= 15 is 0 Å². The van der Waals surface area contributed by atoms with Crippen molar-refractivity contribution in [3.05, 3.63) is 28.2 Å². The average Bonchev–Trinajstić information content (AvgIpc) is 2.37. The lowest BCUT2D eigenvalue weighted by molar-refractivity contribution is 0.155. The van der Waals surface area contributed by atoms with E-state index in [1.807, 2.05) is 0 Å². The van der Waals surface area contributed by atoms with Crippen LogP contribution in [-0.2, 0) is 10.0 Å². The highest BCUT2D eigenvalue weighted by molar-refractivity contribution is 9.10. The molecule has 2 rings (SSSR count). The van der Waals surface area contributed by atoms with Gasteiger partial charge in [0.25, 0.3) is 0 Å². The van der Waals surface area contributed by atoms with Gasteiger partial charge in [-0.25, -0.2) is 17.2 Å². The third kappa shape index (κ3) is 2.88. The number of hydrogen-bond acceptors (Lipinski definition) is 3. The zero-order chi connectivity index (χ0) is 14.9. The van der Waals surface area contributed by atoms with Crippen molar-refractivity contribution in [1.82, 2.24) is 4.31 Å². The summed E-state index contributed by atoms with van der Waals surface area (Å²) in [5, 5.41) is 9.28. The normalized spacial score (nSPS) is 21.1. The first-order chi connectivity index (χ1) is 9.37. The van der Waals surface area contributed by atoms with E-state index in [0.717, 1.165) is 16.8 Å². The van der Waals surface area contributed by atoms with Gasteiger partial charge in [0.2, 0.25) is 10.0 Å². The van der Waals surface area contributed by atoms with E-state index in [1.165, 1.54) is 0 Å². The number of aliphatic hydroxyl groups excluding tert-OH is 1.